The fourth-order valence-corrected chi connectivity index (χ4v) is 9.99. The van der Waals surface area contributed by atoms with Crippen molar-refractivity contribution in [1.29, 1.82) is 0 Å². The number of aromatic nitrogens is 1. The number of nitrogens with one attached hydrogen (secondary N) is 1. The molecule has 0 amide bonds. The van der Waals surface area contributed by atoms with Gasteiger partial charge in [-0.2, -0.15) is 0 Å². The molecule has 0 bridgehead atoms. The summed E-state index contributed by atoms with van der Waals surface area (Å²) in [4.78, 5) is 10.2. The zero-order valence-corrected chi connectivity index (χ0v) is 28.9. The summed E-state index contributed by atoms with van der Waals surface area (Å²) in [7, 11) is 0. The van der Waals surface area contributed by atoms with Gasteiger partial charge in [-0.1, -0.05) is 109 Å². The van der Waals surface area contributed by atoms with E-state index in [0.29, 0.717) is 0 Å². The van der Waals surface area contributed by atoms with Crippen LogP contribution in [-0.2, 0) is 0 Å². The summed E-state index contributed by atoms with van der Waals surface area (Å²) in [6.45, 7) is 0. The summed E-state index contributed by atoms with van der Waals surface area (Å²) in [6.07, 6.45) is -0.223. The summed E-state index contributed by atoms with van der Waals surface area (Å²) in [6, 6.07) is 56.6. The first-order valence-electron chi connectivity index (χ1n) is 17.1. The molecule has 3 aromatic heterocycles. The lowest BCUT2D eigenvalue weighted by atomic mass is 10.1. The molecular formula is C45H28N4S2. The Morgan fingerprint density at radius 1 is 0.471 bits per heavy atom. The Bertz CT molecular complexity index is 3000. The quantitative estimate of drug-likeness (QED) is 0.196. The van der Waals surface area contributed by atoms with Gasteiger partial charge in [-0.15, -0.1) is 22.7 Å². The molecule has 0 fully saturated rings. The highest BCUT2D eigenvalue weighted by molar-refractivity contribution is 7.28. The zero-order chi connectivity index (χ0) is 33.5. The summed E-state index contributed by atoms with van der Waals surface area (Å²) < 4.78 is 7.57. The van der Waals surface area contributed by atoms with Crippen molar-refractivity contribution in [1.82, 2.24) is 9.88 Å². The molecule has 1 N–H and O–H groups in total. The highest BCUT2D eigenvalue weighted by Crippen LogP contribution is 2.43. The van der Waals surface area contributed by atoms with Gasteiger partial charge in [0.25, 0.3) is 0 Å². The molecule has 10 aromatic rings. The van der Waals surface area contributed by atoms with Crippen LogP contribution < -0.4 is 5.32 Å². The van der Waals surface area contributed by atoms with Gasteiger partial charge >= 0.3 is 0 Å². The molecule has 4 nitrogen and oxygen atoms in total. The van der Waals surface area contributed by atoms with E-state index in [-0.39, 0.29) is 6.17 Å². The normalized spacial score (nSPS) is 14.9. The van der Waals surface area contributed by atoms with Crippen molar-refractivity contribution >= 4 is 96.5 Å². The van der Waals surface area contributed by atoms with Gasteiger partial charge < -0.3 is 9.88 Å². The molecule has 1 unspecified atom stereocenters. The molecule has 1 atom stereocenters. The average molecular weight is 689 g/mol. The van der Waals surface area contributed by atoms with Crippen LogP contribution in [0, 0.1) is 0 Å². The third-order valence-electron chi connectivity index (χ3n) is 10.0. The third kappa shape index (κ3) is 4.57. The molecule has 0 aliphatic carbocycles. The predicted octanol–water partition coefficient (Wildman–Crippen LogP) is 12.0. The first-order valence-corrected chi connectivity index (χ1v) is 18.7. The highest BCUT2D eigenvalue weighted by atomic mass is 32.1. The Labute approximate surface area is 301 Å². The zero-order valence-electron chi connectivity index (χ0n) is 27.2. The van der Waals surface area contributed by atoms with Crippen LogP contribution in [0.5, 0.6) is 0 Å². The minimum absolute atomic E-state index is 0.223. The van der Waals surface area contributed by atoms with E-state index in [9.17, 15) is 0 Å². The molecule has 0 spiro atoms. The van der Waals surface area contributed by atoms with E-state index in [1.165, 1.54) is 67.8 Å². The van der Waals surface area contributed by atoms with Gasteiger partial charge in [0.15, 0.2) is 5.84 Å². The lowest BCUT2D eigenvalue weighted by Crippen LogP contribution is -2.33. The number of hydrogen-bond acceptors (Lipinski definition) is 5. The van der Waals surface area contributed by atoms with Gasteiger partial charge in [0.2, 0.25) is 0 Å². The highest BCUT2D eigenvalue weighted by Gasteiger charge is 2.22. The van der Waals surface area contributed by atoms with Crippen LogP contribution in [0.1, 0.15) is 22.9 Å². The molecule has 7 aromatic carbocycles. The number of aliphatic imine (C=N–C) groups is 2. The monoisotopic (exact) mass is 688 g/mol. The number of benzene rings is 7. The number of thiophene rings is 2. The fourth-order valence-electron chi connectivity index (χ4n) is 7.64. The molecule has 1 aliphatic rings. The molecule has 0 saturated heterocycles. The Balaban J connectivity index is 1.04. The first-order chi connectivity index (χ1) is 25.2. The fraction of sp³-hybridized carbons (Fsp3) is 0.0222. The second-order valence-electron chi connectivity index (χ2n) is 13.0. The van der Waals surface area contributed by atoms with E-state index >= 15 is 0 Å². The Morgan fingerprint density at radius 3 is 1.86 bits per heavy atom. The van der Waals surface area contributed by atoms with Crippen molar-refractivity contribution in [2.75, 3.05) is 0 Å². The van der Waals surface area contributed by atoms with Gasteiger partial charge in [0.1, 0.15) is 12.0 Å². The molecule has 0 radical (unpaired) electrons. The van der Waals surface area contributed by atoms with Crippen molar-refractivity contribution in [3.63, 3.8) is 0 Å². The Hall–Kier alpha value is -6.08. The van der Waals surface area contributed by atoms with Crippen molar-refractivity contribution in [3.8, 4) is 5.69 Å². The maximum Gasteiger partial charge on any atom is 0.159 e. The van der Waals surface area contributed by atoms with Crippen LogP contribution in [0.3, 0.4) is 0 Å². The molecule has 6 heteroatoms. The van der Waals surface area contributed by atoms with Crippen molar-refractivity contribution in [2.45, 2.75) is 6.17 Å². The van der Waals surface area contributed by atoms with E-state index in [4.69, 9.17) is 9.98 Å². The Kier molecular flexibility index (Phi) is 6.32. The van der Waals surface area contributed by atoms with Crippen LogP contribution in [0.15, 0.2) is 168 Å². The van der Waals surface area contributed by atoms with Gasteiger partial charge in [0.05, 0.1) is 11.0 Å². The number of nitrogens with zero attached hydrogens (tertiary/aromatic N) is 3. The summed E-state index contributed by atoms with van der Waals surface area (Å²) in [5.74, 6) is 1.57. The largest absolute Gasteiger partial charge is 0.344 e. The van der Waals surface area contributed by atoms with E-state index in [0.717, 1.165) is 28.4 Å². The number of rotatable bonds is 4. The molecule has 11 rings (SSSR count). The maximum atomic E-state index is 5.12. The van der Waals surface area contributed by atoms with Crippen LogP contribution in [0.25, 0.3) is 67.8 Å². The molecule has 240 valence electrons. The second-order valence-corrected chi connectivity index (χ2v) is 15.2. The van der Waals surface area contributed by atoms with Crippen LogP contribution in [-0.4, -0.2) is 16.2 Å². The van der Waals surface area contributed by atoms with E-state index in [1.807, 2.05) is 46.9 Å². The lowest BCUT2D eigenvalue weighted by Gasteiger charge is -2.23. The molecular weight excluding hydrogens is 661 g/mol. The second kappa shape index (κ2) is 11.2. The van der Waals surface area contributed by atoms with Gasteiger partial charge in [-0.05, 0) is 54.1 Å². The first kappa shape index (κ1) is 28.7. The predicted molar refractivity (Wildman–Crippen MR) is 218 cm³/mol. The lowest BCUT2D eigenvalue weighted by molar-refractivity contribution is 0.674. The summed E-state index contributed by atoms with van der Waals surface area (Å²) >= 11 is 3.72. The van der Waals surface area contributed by atoms with Crippen molar-refractivity contribution in [2.24, 2.45) is 9.98 Å². The van der Waals surface area contributed by atoms with Crippen molar-refractivity contribution < 1.29 is 0 Å². The molecule has 51 heavy (non-hydrogen) atoms. The van der Waals surface area contributed by atoms with Crippen LogP contribution >= 0.6 is 22.7 Å². The van der Waals surface area contributed by atoms with Gasteiger partial charge in [0, 0.05) is 67.9 Å². The van der Waals surface area contributed by atoms with Crippen LogP contribution in [0.2, 0.25) is 0 Å². The SMILES string of the molecule is c1ccc(C2=NC(c3ccc4c(c3)sc3cc5sc6ccc(-n7c8ccccc8c8ccccc87)cc6c5cc34)=NC(c3ccccc3)N2)cc1. The smallest absolute Gasteiger partial charge is 0.159 e. The van der Waals surface area contributed by atoms with Crippen molar-refractivity contribution in [3.05, 3.63) is 174 Å². The average Bonchev–Trinajstić information content (AvgIpc) is 3.85. The number of fused-ring (bicyclic) bond motifs is 9. The van der Waals surface area contributed by atoms with Gasteiger partial charge in [-0.25, -0.2) is 9.98 Å². The minimum atomic E-state index is -0.223. The topological polar surface area (TPSA) is 41.7 Å². The number of amidine groups is 2. The number of hydrogen-bond donors (Lipinski definition) is 1. The summed E-state index contributed by atoms with van der Waals surface area (Å²) in [5.41, 5.74) is 6.82. The van der Waals surface area contributed by atoms with Crippen LogP contribution in [0.4, 0.5) is 0 Å². The third-order valence-corrected chi connectivity index (χ3v) is 12.3. The van der Waals surface area contributed by atoms with Gasteiger partial charge in [-0.3, -0.25) is 0 Å². The van der Waals surface area contributed by atoms with E-state index < -0.39 is 0 Å². The molecule has 0 saturated carbocycles. The molecule has 4 heterocycles. The van der Waals surface area contributed by atoms with E-state index in [1.54, 1.807) is 0 Å². The Morgan fingerprint density at radius 2 is 1.10 bits per heavy atom. The standard InChI is InChI=1S/C45H28N4S2/c1-3-11-27(12-4-1)43-46-44(28-13-5-2-6-14-28)48-45(47-43)29-19-21-33-35-25-36-34-24-30(20-22-39(34)50-42(36)26-41(35)51-40(33)23-29)49-37-17-9-7-15-31(37)32-16-8-10-18-38(32)49/h1-26,43H,(H,46,47,48). The maximum absolute atomic E-state index is 5.12. The minimum Gasteiger partial charge on any atom is -0.344 e. The molecule has 1 aliphatic heterocycles. The number of para-hydroxylation sites is 2. The van der Waals surface area contributed by atoms with E-state index in [2.05, 4.69) is 143 Å². The summed E-state index contributed by atoms with van der Waals surface area (Å²) in [5, 5.41) is 11.3.